The number of benzene rings is 1. The zero-order valence-corrected chi connectivity index (χ0v) is 12.0. The summed E-state index contributed by atoms with van der Waals surface area (Å²) in [6.45, 7) is 0. The van der Waals surface area contributed by atoms with E-state index >= 15 is 0 Å². The quantitative estimate of drug-likeness (QED) is 0.830. The number of aromatic nitrogens is 1. The number of pyridine rings is 1. The van der Waals surface area contributed by atoms with Crippen molar-refractivity contribution in [2.45, 2.75) is 6.18 Å². The molecule has 0 amide bonds. The molecule has 1 aromatic heterocycles. The highest BCUT2D eigenvalue weighted by molar-refractivity contribution is 7.80. The Kier molecular flexibility index (Phi) is 4.34. The summed E-state index contributed by atoms with van der Waals surface area (Å²) >= 11 is 10.4. The van der Waals surface area contributed by atoms with E-state index in [0.29, 0.717) is 5.56 Å². The summed E-state index contributed by atoms with van der Waals surface area (Å²) in [7, 11) is 0. The Bertz CT molecular complexity index is 689. The first kappa shape index (κ1) is 15.5. The Morgan fingerprint density at radius 3 is 2.57 bits per heavy atom. The molecule has 2 aromatic rings. The van der Waals surface area contributed by atoms with Crippen molar-refractivity contribution >= 4 is 40.3 Å². The molecule has 0 unspecified atom stereocenters. The summed E-state index contributed by atoms with van der Waals surface area (Å²) in [6, 6.07) is 6.48. The molecule has 0 saturated carbocycles. The molecule has 0 bridgehead atoms. The first-order valence-corrected chi connectivity index (χ1v) is 6.45. The van der Waals surface area contributed by atoms with Crippen LogP contribution in [0.3, 0.4) is 0 Å². The monoisotopic (exact) mass is 331 g/mol. The fourth-order valence-electron chi connectivity index (χ4n) is 1.65. The van der Waals surface area contributed by atoms with Crippen LogP contribution in [-0.2, 0) is 6.18 Å². The Labute approximate surface area is 128 Å². The van der Waals surface area contributed by atoms with Crippen LogP contribution >= 0.6 is 23.8 Å². The largest absolute Gasteiger partial charge is 0.418 e. The second-order valence-electron chi connectivity index (χ2n) is 4.11. The number of hydrogen-bond donors (Lipinski definition) is 2. The minimum Gasteiger partial charge on any atom is -0.389 e. The molecule has 2 rings (SSSR count). The predicted octanol–water partition coefficient (Wildman–Crippen LogP) is 4.13. The zero-order chi connectivity index (χ0) is 15.6. The van der Waals surface area contributed by atoms with Crippen LogP contribution in [0.25, 0.3) is 0 Å². The molecule has 21 heavy (non-hydrogen) atoms. The normalized spacial score (nSPS) is 11.2. The van der Waals surface area contributed by atoms with E-state index in [0.717, 1.165) is 6.07 Å². The van der Waals surface area contributed by atoms with Gasteiger partial charge in [0.05, 0.1) is 11.3 Å². The zero-order valence-electron chi connectivity index (χ0n) is 10.4. The summed E-state index contributed by atoms with van der Waals surface area (Å²) < 4.78 is 38.9. The van der Waals surface area contributed by atoms with Gasteiger partial charge in [-0.15, -0.1) is 0 Å². The van der Waals surface area contributed by atoms with E-state index in [-0.39, 0.29) is 21.5 Å². The minimum atomic E-state index is -4.53. The predicted molar refractivity (Wildman–Crippen MR) is 79.9 cm³/mol. The van der Waals surface area contributed by atoms with Gasteiger partial charge in [0.1, 0.15) is 10.8 Å². The second-order valence-corrected chi connectivity index (χ2v) is 4.98. The van der Waals surface area contributed by atoms with Crippen LogP contribution in [0.1, 0.15) is 11.1 Å². The molecule has 0 spiro atoms. The van der Waals surface area contributed by atoms with Crippen molar-refractivity contribution in [3.63, 3.8) is 0 Å². The molecule has 1 aromatic carbocycles. The Hall–Kier alpha value is -1.86. The van der Waals surface area contributed by atoms with E-state index in [1.807, 2.05) is 0 Å². The number of hydrogen-bond acceptors (Lipinski definition) is 3. The molecule has 1 heterocycles. The number of rotatable bonds is 3. The first-order chi connectivity index (χ1) is 9.77. The molecule has 0 radical (unpaired) electrons. The van der Waals surface area contributed by atoms with Crippen LogP contribution in [-0.4, -0.2) is 9.97 Å². The fraction of sp³-hybridized carbons (Fsp3) is 0.0769. The molecule has 0 aliphatic rings. The third-order valence-electron chi connectivity index (χ3n) is 2.59. The molecule has 8 heteroatoms. The maximum absolute atomic E-state index is 13.0. The molecule has 0 fully saturated rings. The molecule has 0 aliphatic heterocycles. The van der Waals surface area contributed by atoms with Crippen LogP contribution in [0.2, 0.25) is 5.02 Å². The average Bonchev–Trinajstić information content (AvgIpc) is 2.40. The number of alkyl halides is 3. The maximum Gasteiger partial charge on any atom is 0.418 e. The Balaban J connectivity index is 2.40. The molecule has 3 nitrogen and oxygen atoms in total. The lowest BCUT2D eigenvalue weighted by atomic mass is 10.1. The standard InChI is InChI=1S/C13H9ClF3N3S/c14-8-1-2-10(9(6-8)13(15,16)17)20-11-5-7(12(18)21)3-4-19-11/h1-6H,(H2,18,21)(H,19,20). The Morgan fingerprint density at radius 2 is 1.95 bits per heavy atom. The van der Waals surface area contributed by atoms with Gasteiger partial charge in [0.25, 0.3) is 0 Å². The Morgan fingerprint density at radius 1 is 1.24 bits per heavy atom. The van der Waals surface area contributed by atoms with Crippen LogP contribution in [0, 0.1) is 0 Å². The number of halogens is 4. The van der Waals surface area contributed by atoms with Gasteiger partial charge in [0.15, 0.2) is 0 Å². The van der Waals surface area contributed by atoms with Crippen LogP contribution in [0.4, 0.5) is 24.7 Å². The van der Waals surface area contributed by atoms with Crippen LogP contribution in [0.5, 0.6) is 0 Å². The lowest BCUT2D eigenvalue weighted by molar-refractivity contribution is -0.136. The van der Waals surface area contributed by atoms with Crippen LogP contribution < -0.4 is 11.1 Å². The van der Waals surface area contributed by atoms with Gasteiger partial charge in [-0.1, -0.05) is 23.8 Å². The highest BCUT2D eigenvalue weighted by Gasteiger charge is 2.33. The summed E-state index contributed by atoms with van der Waals surface area (Å²) in [5, 5.41) is 2.59. The van der Waals surface area contributed by atoms with Crippen molar-refractivity contribution in [3.05, 3.63) is 52.7 Å². The minimum absolute atomic E-state index is 0.00211. The summed E-state index contributed by atoms with van der Waals surface area (Å²) in [5.74, 6) is 0.202. The topological polar surface area (TPSA) is 50.9 Å². The van der Waals surface area contributed by atoms with E-state index in [4.69, 9.17) is 29.6 Å². The third kappa shape index (κ3) is 3.83. The highest BCUT2D eigenvalue weighted by Crippen LogP contribution is 2.37. The van der Waals surface area contributed by atoms with E-state index in [9.17, 15) is 13.2 Å². The van der Waals surface area contributed by atoms with Crippen molar-refractivity contribution in [2.24, 2.45) is 5.73 Å². The van der Waals surface area contributed by atoms with E-state index in [1.165, 1.54) is 24.4 Å². The van der Waals surface area contributed by atoms with Crippen molar-refractivity contribution in [1.29, 1.82) is 0 Å². The lowest BCUT2D eigenvalue weighted by Crippen LogP contribution is -2.11. The molecule has 110 valence electrons. The van der Waals surface area contributed by atoms with Crippen molar-refractivity contribution < 1.29 is 13.2 Å². The van der Waals surface area contributed by atoms with Crippen LogP contribution in [0.15, 0.2) is 36.5 Å². The van der Waals surface area contributed by atoms with E-state index < -0.39 is 11.7 Å². The van der Waals surface area contributed by atoms with Crippen molar-refractivity contribution in [3.8, 4) is 0 Å². The number of anilines is 2. The molecule has 0 saturated heterocycles. The summed E-state index contributed by atoms with van der Waals surface area (Å²) in [4.78, 5) is 4.07. The average molecular weight is 332 g/mol. The van der Waals surface area contributed by atoms with Gasteiger partial charge in [0.2, 0.25) is 0 Å². The first-order valence-electron chi connectivity index (χ1n) is 5.67. The van der Waals surface area contributed by atoms with Gasteiger partial charge in [-0.3, -0.25) is 0 Å². The van der Waals surface area contributed by atoms with Gasteiger partial charge < -0.3 is 11.1 Å². The van der Waals surface area contributed by atoms with Crippen molar-refractivity contribution in [2.75, 3.05) is 5.32 Å². The van der Waals surface area contributed by atoms with E-state index in [1.54, 1.807) is 6.07 Å². The van der Waals surface area contributed by atoms with Gasteiger partial charge in [-0.25, -0.2) is 4.98 Å². The lowest BCUT2D eigenvalue weighted by Gasteiger charge is -2.14. The molecular formula is C13H9ClF3N3S. The number of nitrogens with zero attached hydrogens (tertiary/aromatic N) is 1. The molecule has 3 N–H and O–H groups in total. The van der Waals surface area contributed by atoms with Gasteiger partial charge >= 0.3 is 6.18 Å². The SMILES string of the molecule is NC(=S)c1ccnc(Nc2ccc(Cl)cc2C(F)(F)F)c1. The van der Waals surface area contributed by atoms with Gasteiger partial charge in [-0.05, 0) is 30.3 Å². The second kappa shape index (κ2) is 5.87. The summed E-state index contributed by atoms with van der Waals surface area (Å²) in [5.41, 5.74) is 4.95. The third-order valence-corrected chi connectivity index (χ3v) is 3.07. The smallest absolute Gasteiger partial charge is 0.389 e. The number of thiocarbonyl (C=S) groups is 1. The fourth-order valence-corrected chi connectivity index (χ4v) is 1.95. The number of nitrogens with one attached hydrogen (secondary N) is 1. The molecule has 0 atom stereocenters. The van der Waals surface area contributed by atoms with Gasteiger partial charge in [-0.2, -0.15) is 13.2 Å². The highest BCUT2D eigenvalue weighted by atomic mass is 35.5. The molecular weight excluding hydrogens is 323 g/mol. The number of nitrogens with two attached hydrogens (primary N) is 1. The maximum atomic E-state index is 13.0. The van der Waals surface area contributed by atoms with Crippen molar-refractivity contribution in [1.82, 2.24) is 4.98 Å². The molecule has 0 aliphatic carbocycles. The summed E-state index contributed by atoms with van der Waals surface area (Å²) in [6.07, 6.45) is -3.13. The van der Waals surface area contributed by atoms with Gasteiger partial charge in [0, 0.05) is 16.8 Å². The van der Waals surface area contributed by atoms with E-state index in [2.05, 4.69) is 10.3 Å².